The number of aromatic nitrogens is 2. The molecule has 1 heterocycles. The van der Waals surface area contributed by atoms with Gasteiger partial charge in [-0.05, 0) is 12.1 Å². The molecular formula is C23H20N2O2. The van der Waals surface area contributed by atoms with E-state index >= 15 is 0 Å². The third-order valence-corrected chi connectivity index (χ3v) is 4.77. The molecule has 0 aliphatic rings. The maximum atomic E-state index is 13.0. The number of ether oxygens (including phenoxy) is 1. The number of rotatable bonds is 6. The number of Topliss-reactive ketones (excluding diaryl/α,β-unsaturated/α-hetero) is 1. The second kappa shape index (κ2) is 7.46. The molecule has 134 valence electrons. The van der Waals surface area contributed by atoms with E-state index in [2.05, 4.69) is 5.10 Å². The molecule has 3 aromatic carbocycles. The number of ketones is 1. The molecule has 0 aliphatic heterocycles. The average molecular weight is 356 g/mol. The van der Waals surface area contributed by atoms with Gasteiger partial charge in [0, 0.05) is 22.9 Å². The van der Waals surface area contributed by atoms with Gasteiger partial charge >= 0.3 is 0 Å². The number of fused-ring (bicyclic) bond motifs is 1. The highest BCUT2D eigenvalue weighted by Crippen LogP contribution is 2.33. The minimum atomic E-state index is -0.256. The maximum Gasteiger partial charge on any atom is 0.165 e. The normalized spacial score (nSPS) is 12.0. The van der Waals surface area contributed by atoms with E-state index in [4.69, 9.17) is 4.74 Å². The van der Waals surface area contributed by atoms with Crippen molar-refractivity contribution in [3.63, 3.8) is 0 Å². The Labute approximate surface area is 158 Å². The van der Waals surface area contributed by atoms with E-state index in [0.29, 0.717) is 12.0 Å². The van der Waals surface area contributed by atoms with Crippen LogP contribution in [0.25, 0.3) is 10.9 Å². The molecule has 0 amide bonds. The number of methoxy groups -OCH3 is 1. The van der Waals surface area contributed by atoms with Crippen molar-refractivity contribution in [3.8, 4) is 5.75 Å². The Morgan fingerprint density at radius 2 is 1.67 bits per heavy atom. The molecule has 4 nitrogen and oxygen atoms in total. The van der Waals surface area contributed by atoms with Crippen LogP contribution in [0.1, 0.15) is 28.4 Å². The van der Waals surface area contributed by atoms with Crippen LogP contribution in [0, 0.1) is 0 Å². The van der Waals surface area contributed by atoms with E-state index in [-0.39, 0.29) is 11.8 Å². The quantitative estimate of drug-likeness (QED) is 0.461. The summed E-state index contributed by atoms with van der Waals surface area (Å²) in [7, 11) is 1.65. The second-order valence-corrected chi connectivity index (χ2v) is 6.40. The molecule has 0 fully saturated rings. The minimum Gasteiger partial charge on any atom is -0.496 e. The fourth-order valence-corrected chi connectivity index (χ4v) is 3.43. The number of benzene rings is 3. The Bertz CT molecular complexity index is 1070. The average Bonchev–Trinajstić information content (AvgIpc) is 3.16. The summed E-state index contributed by atoms with van der Waals surface area (Å²) in [5.74, 6) is 0.828. The van der Waals surface area contributed by atoms with Gasteiger partial charge in [-0.2, -0.15) is 5.10 Å². The smallest absolute Gasteiger partial charge is 0.165 e. The molecule has 0 radical (unpaired) electrons. The number of para-hydroxylation sites is 2. The van der Waals surface area contributed by atoms with E-state index < -0.39 is 0 Å². The van der Waals surface area contributed by atoms with Gasteiger partial charge in [0.15, 0.2) is 5.78 Å². The molecule has 1 unspecified atom stereocenters. The summed E-state index contributed by atoms with van der Waals surface area (Å²) in [6, 6.07) is 25.0. The Balaban J connectivity index is 1.81. The molecule has 0 spiro atoms. The minimum absolute atomic E-state index is 0.0751. The summed E-state index contributed by atoms with van der Waals surface area (Å²) >= 11 is 0. The molecule has 0 bridgehead atoms. The lowest BCUT2D eigenvalue weighted by Crippen LogP contribution is -2.17. The molecular weight excluding hydrogens is 336 g/mol. The molecule has 0 saturated carbocycles. The monoisotopic (exact) mass is 356 g/mol. The van der Waals surface area contributed by atoms with Gasteiger partial charge in [-0.25, -0.2) is 0 Å². The Morgan fingerprint density at radius 3 is 2.48 bits per heavy atom. The van der Waals surface area contributed by atoms with Gasteiger partial charge in [-0.1, -0.05) is 66.7 Å². The van der Waals surface area contributed by atoms with Crippen LogP contribution >= 0.6 is 0 Å². The summed E-state index contributed by atoms with van der Waals surface area (Å²) in [5, 5.41) is 5.65. The third-order valence-electron chi connectivity index (χ3n) is 4.77. The van der Waals surface area contributed by atoms with Crippen molar-refractivity contribution in [2.24, 2.45) is 0 Å². The predicted molar refractivity (Wildman–Crippen MR) is 106 cm³/mol. The molecule has 0 N–H and O–H groups in total. The highest BCUT2D eigenvalue weighted by Gasteiger charge is 2.24. The number of nitrogens with zero attached hydrogens (tertiary/aromatic N) is 2. The van der Waals surface area contributed by atoms with Gasteiger partial charge in [-0.15, -0.1) is 0 Å². The number of hydrogen-bond donors (Lipinski definition) is 0. The number of carbonyl (C=O) groups is 1. The third kappa shape index (κ3) is 3.34. The highest BCUT2D eigenvalue weighted by atomic mass is 16.5. The van der Waals surface area contributed by atoms with Crippen molar-refractivity contribution < 1.29 is 9.53 Å². The van der Waals surface area contributed by atoms with Crippen LogP contribution in [0.15, 0.2) is 85.1 Å². The largest absolute Gasteiger partial charge is 0.496 e. The fraction of sp³-hybridized carbons (Fsp3) is 0.130. The van der Waals surface area contributed by atoms with Crippen molar-refractivity contribution in [2.45, 2.75) is 12.5 Å². The Hall–Kier alpha value is -3.40. The Kier molecular flexibility index (Phi) is 4.71. The second-order valence-electron chi connectivity index (χ2n) is 6.40. The summed E-state index contributed by atoms with van der Waals surface area (Å²) in [6.45, 7) is 0. The first-order valence-corrected chi connectivity index (χ1v) is 8.91. The summed E-state index contributed by atoms with van der Waals surface area (Å²) in [5.41, 5.74) is 2.64. The molecule has 4 heteroatoms. The van der Waals surface area contributed by atoms with Crippen LogP contribution in [0.5, 0.6) is 5.75 Å². The van der Waals surface area contributed by atoms with Crippen molar-refractivity contribution in [1.29, 1.82) is 0 Å². The van der Waals surface area contributed by atoms with E-state index in [9.17, 15) is 4.79 Å². The summed E-state index contributed by atoms with van der Waals surface area (Å²) in [4.78, 5) is 13.0. The first-order chi connectivity index (χ1) is 13.3. The SMILES string of the molecule is COc1ccccc1C(CC(=O)c1ccccc1)n1ncc2ccccc21. The summed E-state index contributed by atoms with van der Waals surface area (Å²) < 4.78 is 7.50. The predicted octanol–water partition coefficient (Wildman–Crippen LogP) is 4.91. The van der Waals surface area contributed by atoms with Gasteiger partial charge < -0.3 is 4.74 Å². The van der Waals surface area contributed by atoms with Gasteiger partial charge in [-0.3, -0.25) is 9.48 Å². The zero-order chi connectivity index (χ0) is 18.6. The zero-order valence-electron chi connectivity index (χ0n) is 15.1. The molecule has 0 saturated heterocycles. The lowest BCUT2D eigenvalue weighted by Gasteiger charge is -2.21. The Morgan fingerprint density at radius 1 is 0.963 bits per heavy atom. The first-order valence-electron chi connectivity index (χ1n) is 8.91. The van der Waals surface area contributed by atoms with Crippen LogP contribution in [0.2, 0.25) is 0 Å². The van der Waals surface area contributed by atoms with Crippen LogP contribution in [-0.2, 0) is 0 Å². The van der Waals surface area contributed by atoms with E-state index in [1.165, 1.54) is 0 Å². The topological polar surface area (TPSA) is 44.1 Å². The molecule has 1 aromatic heterocycles. The van der Waals surface area contributed by atoms with Crippen LogP contribution in [0.3, 0.4) is 0 Å². The van der Waals surface area contributed by atoms with Gasteiger partial charge in [0.05, 0.1) is 24.9 Å². The van der Waals surface area contributed by atoms with Gasteiger partial charge in [0.2, 0.25) is 0 Å². The first kappa shape index (κ1) is 17.0. The maximum absolute atomic E-state index is 13.0. The zero-order valence-corrected chi connectivity index (χ0v) is 15.1. The molecule has 0 aliphatic carbocycles. The number of carbonyl (C=O) groups excluding carboxylic acids is 1. The van der Waals surface area contributed by atoms with Crippen molar-refractivity contribution >= 4 is 16.7 Å². The highest BCUT2D eigenvalue weighted by molar-refractivity contribution is 5.96. The molecule has 27 heavy (non-hydrogen) atoms. The molecule has 4 rings (SSSR count). The van der Waals surface area contributed by atoms with E-state index in [1.807, 2.05) is 89.7 Å². The molecule has 4 aromatic rings. The number of hydrogen-bond acceptors (Lipinski definition) is 3. The lowest BCUT2D eigenvalue weighted by molar-refractivity contribution is 0.0967. The lowest BCUT2D eigenvalue weighted by atomic mass is 9.97. The van der Waals surface area contributed by atoms with Crippen LogP contribution in [-0.4, -0.2) is 22.7 Å². The van der Waals surface area contributed by atoms with Crippen molar-refractivity contribution in [3.05, 3.63) is 96.2 Å². The van der Waals surface area contributed by atoms with E-state index in [0.717, 1.165) is 22.2 Å². The van der Waals surface area contributed by atoms with Crippen LogP contribution < -0.4 is 4.74 Å². The summed E-state index contributed by atoms with van der Waals surface area (Å²) in [6.07, 6.45) is 2.14. The van der Waals surface area contributed by atoms with Crippen molar-refractivity contribution in [2.75, 3.05) is 7.11 Å². The standard InChI is InChI=1S/C23H20N2O2/c1-27-23-14-8-6-12-19(23)21(15-22(26)17-9-3-2-4-10-17)25-20-13-7-5-11-18(20)16-24-25/h2-14,16,21H,15H2,1H3. The van der Waals surface area contributed by atoms with Gasteiger partial charge in [0.25, 0.3) is 0 Å². The van der Waals surface area contributed by atoms with Crippen LogP contribution in [0.4, 0.5) is 0 Å². The molecule has 1 atom stereocenters. The van der Waals surface area contributed by atoms with Crippen molar-refractivity contribution in [1.82, 2.24) is 9.78 Å². The fourth-order valence-electron chi connectivity index (χ4n) is 3.43. The van der Waals surface area contributed by atoms with E-state index in [1.54, 1.807) is 7.11 Å². The van der Waals surface area contributed by atoms with Gasteiger partial charge in [0.1, 0.15) is 5.75 Å².